The van der Waals surface area contributed by atoms with Crippen LogP contribution in [0.5, 0.6) is 17.2 Å². The number of aromatic nitrogens is 1. The average molecular weight is 315 g/mol. The van der Waals surface area contributed by atoms with E-state index in [2.05, 4.69) is 15.5 Å². The van der Waals surface area contributed by atoms with Crippen molar-refractivity contribution in [1.82, 2.24) is 4.98 Å². The summed E-state index contributed by atoms with van der Waals surface area (Å²) >= 11 is 0. The second kappa shape index (κ2) is 7.79. The number of pyridine rings is 1. The summed E-state index contributed by atoms with van der Waals surface area (Å²) in [6.07, 6.45) is 3.25. The number of nitrogens with one attached hydrogen (secondary N) is 1. The van der Waals surface area contributed by atoms with E-state index >= 15 is 0 Å². The van der Waals surface area contributed by atoms with E-state index in [1.165, 1.54) is 21.1 Å². The second-order valence-corrected chi connectivity index (χ2v) is 4.43. The first kappa shape index (κ1) is 16.3. The maximum atomic E-state index is 11.2. The maximum absolute atomic E-state index is 11.2. The highest BCUT2D eigenvalue weighted by Gasteiger charge is 2.15. The molecule has 23 heavy (non-hydrogen) atoms. The van der Waals surface area contributed by atoms with Crippen LogP contribution in [0.25, 0.3) is 0 Å². The van der Waals surface area contributed by atoms with Gasteiger partial charge in [0.25, 0.3) is 0 Å². The van der Waals surface area contributed by atoms with E-state index in [4.69, 9.17) is 14.2 Å². The van der Waals surface area contributed by atoms with E-state index < -0.39 is 5.97 Å². The minimum Gasteiger partial charge on any atom is -0.493 e. The summed E-state index contributed by atoms with van der Waals surface area (Å²) in [4.78, 5) is 15.3. The van der Waals surface area contributed by atoms with E-state index in [1.54, 1.807) is 30.6 Å². The number of anilines is 1. The minimum atomic E-state index is -0.458. The molecule has 0 saturated carbocycles. The van der Waals surface area contributed by atoms with Crippen LogP contribution in [0, 0.1) is 0 Å². The number of benzene rings is 1. The Hall–Kier alpha value is -3.09. The molecule has 0 aliphatic heterocycles. The van der Waals surface area contributed by atoms with Crippen molar-refractivity contribution >= 4 is 18.0 Å². The number of hydrogen-bond acceptors (Lipinski definition) is 7. The lowest BCUT2D eigenvalue weighted by atomic mass is 10.2. The summed E-state index contributed by atoms with van der Waals surface area (Å²) in [5.41, 5.74) is 3.51. The van der Waals surface area contributed by atoms with E-state index in [-0.39, 0.29) is 5.75 Å². The Morgan fingerprint density at radius 3 is 2.43 bits per heavy atom. The highest BCUT2D eigenvalue weighted by molar-refractivity contribution is 5.83. The van der Waals surface area contributed by atoms with Gasteiger partial charge in [0, 0.05) is 18.7 Å². The molecule has 2 aromatic rings. The molecule has 0 amide bonds. The number of nitrogens with zero attached hydrogens (tertiary/aromatic N) is 2. The van der Waals surface area contributed by atoms with Gasteiger partial charge in [0.15, 0.2) is 11.5 Å². The highest BCUT2D eigenvalue weighted by atomic mass is 16.6. The molecule has 1 aromatic heterocycles. The highest BCUT2D eigenvalue weighted by Crippen LogP contribution is 2.38. The van der Waals surface area contributed by atoms with Gasteiger partial charge in [-0.25, -0.2) is 4.98 Å². The third-order valence-corrected chi connectivity index (χ3v) is 2.79. The average Bonchev–Trinajstić information content (AvgIpc) is 2.56. The van der Waals surface area contributed by atoms with E-state index in [1.807, 2.05) is 12.1 Å². The molecule has 7 nitrogen and oxygen atoms in total. The molecule has 0 atom stereocenters. The van der Waals surface area contributed by atoms with Crippen LogP contribution in [0.3, 0.4) is 0 Å². The van der Waals surface area contributed by atoms with Crippen molar-refractivity contribution in [2.24, 2.45) is 5.10 Å². The standard InChI is InChI=1S/C16H17N3O4/c1-11(20)23-16-13(21-2)8-12(9-14(16)22-3)10-18-19-15-6-4-5-7-17-15/h4-10H,1-3H3,(H,17,19)/b18-10-. The van der Waals surface area contributed by atoms with E-state index in [9.17, 15) is 4.79 Å². The Kier molecular flexibility index (Phi) is 5.51. The monoisotopic (exact) mass is 315 g/mol. The zero-order valence-corrected chi connectivity index (χ0v) is 13.1. The predicted molar refractivity (Wildman–Crippen MR) is 86.3 cm³/mol. The number of methoxy groups -OCH3 is 2. The van der Waals surface area contributed by atoms with Crippen LogP contribution in [0.2, 0.25) is 0 Å². The van der Waals surface area contributed by atoms with Gasteiger partial charge in [0.1, 0.15) is 5.82 Å². The summed E-state index contributed by atoms with van der Waals surface area (Å²) < 4.78 is 15.6. The molecule has 0 saturated heterocycles. The zero-order chi connectivity index (χ0) is 16.7. The van der Waals surface area contributed by atoms with Crippen LogP contribution in [-0.2, 0) is 4.79 Å². The van der Waals surface area contributed by atoms with Gasteiger partial charge in [-0.3, -0.25) is 10.2 Å². The number of hydrazone groups is 1. The van der Waals surface area contributed by atoms with Gasteiger partial charge in [-0.05, 0) is 24.3 Å². The van der Waals surface area contributed by atoms with Crippen LogP contribution in [0.1, 0.15) is 12.5 Å². The van der Waals surface area contributed by atoms with Crippen molar-refractivity contribution in [3.05, 3.63) is 42.1 Å². The lowest BCUT2D eigenvalue weighted by Crippen LogP contribution is -2.05. The number of hydrogen-bond donors (Lipinski definition) is 1. The van der Waals surface area contributed by atoms with Crippen LogP contribution in [0.15, 0.2) is 41.6 Å². The van der Waals surface area contributed by atoms with Gasteiger partial charge in [0.05, 0.1) is 20.4 Å². The summed E-state index contributed by atoms with van der Waals surface area (Å²) in [5, 5.41) is 4.10. The summed E-state index contributed by atoms with van der Waals surface area (Å²) in [7, 11) is 2.96. The van der Waals surface area contributed by atoms with Crippen LogP contribution >= 0.6 is 0 Å². The molecule has 0 radical (unpaired) electrons. The molecule has 120 valence electrons. The summed E-state index contributed by atoms with van der Waals surface area (Å²) in [5.74, 6) is 1.15. The van der Waals surface area contributed by atoms with Crippen LogP contribution in [-0.4, -0.2) is 31.4 Å². The largest absolute Gasteiger partial charge is 0.493 e. The number of ether oxygens (including phenoxy) is 3. The van der Waals surface area contributed by atoms with Crippen molar-refractivity contribution < 1.29 is 19.0 Å². The maximum Gasteiger partial charge on any atom is 0.308 e. The number of carbonyl (C=O) groups is 1. The Balaban J connectivity index is 2.23. The van der Waals surface area contributed by atoms with Gasteiger partial charge in [-0.1, -0.05) is 6.07 Å². The number of carbonyl (C=O) groups excluding carboxylic acids is 1. The van der Waals surface area contributed by atoms with Crippen molar-refractivity contribution in [3.8, 4) is 17.2 Å². The molecule has 0 unspecified atom stereocenters. The van der Waals surface area contributed by atoms with Gasteiger partial charge in [0.2, 0.25) is 5.75 Å². The molecule has 0 spiro atoms. The fourth-order valence-corrected chi connectivity index (χ4v) is 1.82. The number of esters is 1. The second-order valence-electron chi connectivity index (χ2n) is 4.43. The first-order valence-corrected chi connectivity index (χ1v) is 6.78. The van der Waals surface area contributed by atoms with Crippen LogP contribution < -0.4 is 19.6 Å². The first-order valence-electron chi connectivity index (χ1n) is 6.78. The number of rotatable bonds is 6. The Bertz CT molecular complexity index is 677. The normalized spacial score (nSPS) is 10.4. The predicted octanol–water partition coefficient (Wildman–Crippen LogP) is 2.47. The molecular formula is C16H17N3O4. The third-order valence-electron chi connectivity index (χ3n) is 2.79. The Morgan fingerprint density at radius 1 is 1.22 bits per heavy atom. The zero-order valence-electron chi connectivity index (χ0n) is 13.1. The van der Waals surface area contributed by atoms with E-state index in [0.717, 1.165) is 0 Å². The topological polar surface area (TPSA) is 82.0 Å². The SMILES string of the molecule is COc1cc(/C=N\Nc2ccccn2)cc(OC)c1OC(C)=O. The Morgan fingerprint density at radius 2 is 1.91 bits per heavy atom. The third kappa shape index (κ3) is 4.44. The minimum absolute atomic E-state index is 0.234. The molecule has 0 aliphatic carbocycles. The lowest BCUT2D eigenvalue weighted by molar-refractivity contribution is -0.132. The van der Waals surface area contributed by atoms with Crippen LogP contribution in [0.4, 0.5) is 5.82 Å². The molecule has 1 aromatic carbocycles. The first-order chi connectivity index (χ1) is 11.1. The molecule has 1 heterocycles. The fourth-order valence-electron chi connectivity index (χ4n) is 1.82. The van der Waals surface area contributed by atoms with E-state index in [0.29, 0.717) is 22.9 Å². The molecule has 0 fully saturated rings. The lowest BCUT2D eigenvalue weighted by Gasteiger charge is -2.13. The summed E-state index contributed by atoms with van der Waals surface area (Å²) in [6.45, 7) is 1.31. The molecule has 0 aliphatic rings. The van der Waals surface area contributed by atoms with Crippen molar-refractivity contribution in [2.45, 2.75) is 6.92 Å². The quantitative estimate of drug-likeness (QED) is 0.382. The van der Waals surface area contributed by atoms with Crippen molar-refractivity contribution in [2.75, 3.05) is 19.6 Å². The van der Waals surface area contributed by atoms with Crippen molar-refractivity contribution in [3.63, 3.8) is 0 Å². The Labute approximate surface area is 133 Å². The molecular weight excluding hydrogens is 298 g/mol. The van der Waals surface area contributed by atoms with Gasteiger partial charge < -0.3 is 14.2 Å². The van der Waals surface area contributed by atoms with Gasteiger partial charge >= 0.3 is 5.97 Å². The van der Waals surface area contributed by atoms with Gasteiger partial charge in [-0.2, -0.15) is 5.10 Å². The smallest absolute Gasteiger partial charge is 0.308 e. The van der Waals surface area contributed by atoms with Gasteiger partial charge in [-0.15, -0.1) is 0 Å². The summed E-state index contributed by atoms with van der Waals surface area (Å²) in [6, 6.07) is 8.83. The molecule has 1 N–H and O–H groups in total. The molecule has 0 bridgehead atoms. The molecule has 2 rings (SSSR count). The van der Waals surface area contributed by atoms with Crippen molar-refractivity contribution in [1.29, 1.82) is 0 Å². The fraction of sp³-hybridized carbons (Fsp3) is 0.188. The molecule has 7 heteroatoms.